The van der Waals surface area contributed by atoms with Crippen molar-refractivity contribution in [3.05, 3.63) is 63.7 Å². The fraction of sp³-hybridized carbons (Fsp3) is 0.333. The van der Waals surface area contributed by atoms with Gasteiger partial charge in [-0.05, 0) is 43.5 Å². The van der Waals surface area contributed by atoms with E-state index < -0.39 is 0 Å². The molecule has 1 aliphatic rings. The second kappa shape index (κ2) is 8.07. The SMILES string of the molecule is Cc1cn2cc(-c3cc4ccc(N5CCN(CCO)CC5)cc4c(=O)s3)cc2c(C)n1. The Kier molecular flexibility index (Phi) is 5.25. The molecule has 160 valence electrons. The molecule has 7 heteroatoms. The number of aliphatic hydroxyl groups is 1. The minimum absolute atomic E-state index is 0.0922. The topological polar surface area (TPSA) is 61.1 Å². The number of rotatable bonds is 4. The zero-order valence-corrected chi connectivity index (χ0v) is 18.7. The van der Waals surface area contributed by atoms with Gasteiger partial charge in [-0.3, -0.25) is 14.7 Å². The predicted molar refractivity (Wildman–Crippen MR) is 127 cm³/mol. The highest BCUT2D eigenvalue weighted by molar-refractivity contribution is 7.13. The Balaban J connectivity index is 1.48. The summed E-state index contributed by atoms with van der Waals surface area (Å²) in [6.45, 7) is 8.61. The van der Waals surface area contributed by atoms with Gasteiger partial charge in [0.25, 0.3) is 0 Å². The lowest BCUT2D eigenvalue weighted by atomic mass is 10.1. The molecule has 0 atom stereocenters. The van der Waals surface area contributed by atoms with E-state index >= 15 is 0 Å². The molecule has 1 saturated heterocycles. The highest BCUT2D eigenvalue weighted by Crippen LogP contribution is 2.30. The van der Waals surface area contributed by atoms with Crippen molar-refractivity contribution in [2.45, 2.75) is 13.8 Å². The Bertz CT molecular complexity index is 1320. The van der Waals surface area contributed by atoms with Gasteiger partial charge in [-0.15, -0.1) is 0 Å². The number of aromatic nitrogens is 2. The highest BCUT2D eigenvalue weighted by Gasteiger charge is 2.17. The van der Waals surface area contributed by atoms with Crippen LogP contribution in [0.4, 0.5) is 5.69 Å². The number of nitrogens with zero attached hydrogens (tertiary/aromatic N) is 4. The first kappa shape index (κ1) is 20.2. The van der Waals surface area contributed by atoms with Crippen molar-refractivity contribution >= 4 is 33.3 Å². The zero-order chi connectivity index (χ0) is 21.5. The smallest absolute Gasteiger partial charge is 0.240 e. The lowest BCUT2D eigenvalue weighted by Gasteiger charge is -2.35. The number of β-amino-alcohol motifs (C(OH)–C–C–N with tert-alkyl or cyclic N) is 1. The van der Waals surface area contributed by atoms with Crippen LogP contribution in [0.1, 0.15) is 11.4 Å². The lowest BCUT2D eigenvalue weighted by molar-refractivity contribution is 0.189. The average Bonchev–Trinajstić information content (AvgIpc) is 3.19. The van der Waals surface area contributed by atoms with Gasteiger partial charge in [-0.1, -0.05) is 17.4 Å². The third-order valence-corrected chi connectivity index (χ3v) is 7.05. The second-order valence-corrected chi connectivity index (χ2v) is 9.23. The van der Waals surface area contributed by atoms with Gasteiger partial charge < -0.3 is 14.4 Å². The zero-order valence-electron chi connectivity index (χ0n) is 17.8. The first-order valence-corrected chi connectivity index (χ1v) is 11.5. The normalized spacial score (nSPS) is 15.3. The summed E-state index contributed by atoms with van der Waals surface area (Å²) in [6.07, 6.45) is 4.09. The van der Waals surface area contributed by atoms with Crippen molar-refractivity contribution in [1.82, 2.24) is 14.3 Å². The Morgan fingerprint density at radius 2 is 1.87 bits per heavy atom. The van der Waals surface area contributed by atoms with E-state index in [1.165, 1.54) is 11.3 Å². The Hall–Kier alpha value is -2.74. The van der Waals surface area contributed by atoms with Crippen LogP contribution in [0.25, 0.3) is 26.7 Å². The third kappa shape index (κ3) is 3.84. The van der Waals surface area contributed by atoms with Gasteiger partial charge in [0.1, 0.15) is 0 Å². The lowest BCUT2D eigenvalue weighted by Crippen LogP contribution is -2.47. The molecule has 0 bridgehead atoms. The van der Waals surface area contributed by atoms with E-state index in [-0.39, 0.29) is 11.3 Å². The van der Waals surface area contributed by atoms with Gasteiger partial charge in [0, 0.05) is 66.6 Å². The number of piperazine rings is 1. The quantitative estimate of drug-likeness (QED) is 0.534. The summed E-state index contributed by atoms with van der Waals surface area (Å²) in [7, 11) is 0. The van der Waals surface area contributed by atoms with Crippen LogP contribution >= 0.6 is 11.3 Å². The van der Waals surface area contributed by atoms with Gasteiger partial charge in [0.15, 0.2) is 0 Å². The molecule has 6 nitrogen and oxygen atoms in total. The summed E-state index contributed by atoms with van der Waals surface area (Å²) in [5, 5.41) is 10.9. The average molecular weight is 435 g/mol. The molecule has 31 heavy (non-hydrogen) atoms. The van der Waals surface area contributed by atoms with E-state index in [4.69, 9.17) is 5.11 Å². The fourth-order valence-corrected chi connectivity index (χ4v) is 5.35. The predicted octanol–water partition coefficient (Wildman–Crippen LogP) is 3.31. The van der Waals surface area contributed by atoms with E-state index in [1.807, 2.05) is 26.1 Å². The Morgan fingerprint density at radius 3 is 2.65 bits per heavy atom. The van der Waals surface area contributed by atoms with Crippen LogP contribution in [0.15, 0.2) is 47.5 Å². The van der Waals surface area contributed by atoms with Crippen molar-refractivity contribution in [2.75, 3.05) is 44.2 Å². The van der Waals surface area contributed by atoms with Crippen molar-refractivity contribution < 1.29 is 5.11 Å². The van der Waals surface area contributed by atoms with Crippen LogP contribution in [-0.4, -0.2) is 58.7 Å². The van der Waals surface area contributed by atoms with Crippen LogP contribution in [0.3, 0.4) is 0 Å². The van der Waals surface area contributed by atoms with Crippen LogP contribution in [0.5, 0.6) is 0 Å². The van der Waals surface area contributed by atoms with Crippen molar-refractivity contribution in [1.29, 1.82) is 0 Å². The molecule has 1 N–H and O–H groups in total. The molecule has 1 fully saturated rings. The molecule has 5 rings (SSSR count). The van der Waals surface area contributed by atoms with E-state index in [2.05, 4.69) is 49.6 Å². The van der Waals surface area contributed by atoms with Gasteiger partial charge >= 0.3 is 0 Å². The number of anilines is 1. The Labute approximate surface area is 185 Å². The summed E-state index contributed by atoms with van der Waals surface area (Å²) >= 11 is 1.30. The second-order valence-electron chi connectivity index (χ2n) is 8.21. The largest absolute Gasteiger partial charge is 0.395 e. The number of hydrogen-bond acceptors (Lipinski definition) is 6. The van der Waals surface area contributed by atoms with Crippen molar-refractivity contribution in [3.63, 3.8) is 0 Å². The molecule has 0 amide bonds. The summed E-state index contributed by atoms with van der Waals surface area (Å²) in [5.74, 6) is 0. The molecule has 3 aromatic heterocycles. The highest BCUT2D eigenvalue weighted by atomic mass is 32.1. The molecule has 0 aliphatic carbocycles. The van der Waals surface area contributed by atoms with Crippen molar-refractivity contribution in [3.8, 4) is 10.4 Å². The number of fused-ring (bicyclic) bond motifs is 2. The molecule has 0 saturated carbocycles. The maximum atomic E-state index is 13.0. The van der Waals surface area contributed by atoms with Crippen LogP contribution in [0.2, 0.25) is 0 Å². The molecular weight excluding hydrogens is 408 g/mol. The molecule has 0 spiro atoms. The standard InChI is InChI=1S/C24H26N4O2S/c1-16-14-28-15-19(11-22(28)17(2)25-16)23-12-18-3-4-20(13-21(18)24(30)31-23)27-7-5-26(6-8-27)9-10-29/h3-4,11-15,29H,5-10H2,1-2H3. The van der Waals surface area contributed by atoms with Gasteiger partial charge in [-0.2, -0.15) is 0 Å². The van der Waals surface area contributed by atoms with E-state index in [0.29, 0.717) is 0 Å². The molecule has 1 aliphatic heterocycles. The summed E-state index contributed by atoms with van der Waals surface area (Å²) < 4.78 is 2.18. The number of aliphatic hydroxyl groups excluding tert-OH is 1. The molecule has 0 unspecified atom stereocenters. The molecule has 1 aromatic carbocycles. The third-order valence-electron chi connectivity index (χ3n) is 6.07. The fourth-order valence-electron chi connectivity index (χ4n) is 4.45. The first-order chi connectivity index (χ1) is 15.0. The van der Waals surface area contributed by atoms with Crippen LogP contribution in [0, 0.1) is 13.8 Å². The Morgan fingerprint density at radius 1 is 1.06 bits per heavy atom. The summed E-state index contributed by atoms with van der Waals surface area (Å²) in [4.78, 5) is 23.1. The van der Waals surface area contributed by atoms with Crippen LogP contribution < -0.4 is 9.64 Å². The number of benzene rings is 1. The maximum absolute atomic E-state index is 13.0. The molecular formula is C24H26N4O2S. The van der Waals surface area contributed by atoms with Gasteiger partial charge in [-0.25, -0.2) is 0 Å². The number of aryl methyl sites for hydroxylation is 2. The summed E-state index contributed by atoms with van der Waals surface area (Å²) in [5.41, 5.74) is 5.17. The number of hydrogen-bond donors (Lipinski definition) is 1. The first-order valence-electron chi connectivity index (χ1n) is 10.6. The molecule has 4 aromatic rings. The van der Waals surface area contributed by atoms with E-state index in [1.54, 1.807) is 0 Å². The van der Waals surface area contributed by atoms with E-state index in [0.717, 1.165) is 76.5 Å². The minimum Gasteiger partial charge on any atom is -0.395 e. The van der Waals surface area contributed by atoms with Crippen LogP contribution in [-0.2, 0) is 0 Å². The maximum Gasteiger partial charge on any atom is 0.240 e. The van der Waals surface area contributed by atoms with E-state index in [9.17, 15) is 4.79 Å². The monoisotopic (exact) mass is 434 g/mol. The summed E-state index contributed by atoms with van der Waals surface area (Å²) in [6, 6.07) is 10.4. The van der Waals surface area contributed by atoms with Crippen molar-refractivity contribution in [2.24, 2.45) is 0 Å². The minimum atomic E-state index is 0.0922. The molecule has 4 heterocycles. The molecule has 0 radical (unpaired) electrons. The van der Waals surface area contributed by atoms with Gasteiger partial charge in [0.2, 0.25) is 4.74 Å². The van der Waals surface area contributed by atoms with Gasteiger partial charge in [0.05, 0.1) is 23.5 Å².